The molecule has 4 nitrogen and oxygen atoms in total. The van der Waals surface area contributed by atoms with E-state index in [-0.39, 0.29) is 0 Å². The molecule has 126 valence electrons. The van der Waals surface area contributed by atoms with E-state index in [0.29, 0.717) is 0 Å². The molecule has 1 aromatic carbocycles. The summed E-state index contributed by atoms with van der Waals surface area (Å²) in [5, 5.41) is 2.09. The molecule has 0 aliphatic carbocycles. The van der Waals surface area contributed by atoms with Crippen LogP contribution in [0.15, 0.2) is 36.7 Å². The molecule has 0 atom stereocenters. The Bertz CT molecular complexity index is 748. The van der Waals surface area contributed by atoms with E-state index >= 15 is 0 Å². The van der Waals surface area contributed by atoms with Crippen molar-refractivity contribution >= 4 is 21.8 Å². The zero-order valence-corrected chi connectivity index (χ0v) is 14.4. The Labute approximate surface area is 142 Å². The van der Waals surface area contributed by atoms with E-state index in [2.05, 4.69) is 35.9 Å². The van der Waals surface area contributed by atoms with E-state index in [1.54, 1.807) is 12.4 Å². The summed E-state index contributed by atoms with van der Waals surface area (Å²) in [6.07, 6.45) is 7.92. The molecule has 0 amide bonds. The summed E-state index contributed by atoms with van der Waals surface area (Å²) in [5.74, 6) is 1.63. The van der Waals surface area contributed by atoms with Crippen molar-refractivity contribution < 1.29 is 9.47 Å². The lowest BCUT2D eigenvalue weighted by atomic mass is 10.1. The number of pyridine rings is 2. The van der Waals surface area contributed by atoms with Crippen LogP contribution in [0.5, 0.6) is 11.5 Å². The molecule has 2 aromatic heterocycles. The second-order valence-corrected chi connectivity index (χ2v) is 5.96. The normalized spacial score (nSPS) is 11.1. The number of hydrogen-bond acceptors (Lipinski definition) is 4. The molecule has 3 aromatic rings. The van der Waals surface area contributed by atoms with Gasteiger partial charge in [-0.05, 0) is 25.0 Å². The van der Waals surface area contributed by atoms with Gasteiger partial charge in [0, 0.05) is 10.8 Å². The lowest BCUT2D eigenvalue weighted by molar-refractivity contribution is 0.308. The van der Waals surface area contributed by atoms with Crippen molar-refractivity contribution in [2.45, 2.75) is 39.5 Å². The lowest BCUT2D eigenvalue weighted by Gasteiger charge is -2.09. The number of hydrogen-bond donors (Lipinski definition) is 0. The number of nitrogens with zero attached hydrogens (tertiary/aromatic N) is 2. The molecule has 0 saturated heterocycles. The molecular weight excluding hydrogens is 300 g/mol. The standard InChI is InChI=1S/C20H24N2O2/c1-3-5-9-23-17-11-15-7-8-16-12-18(24-10-6-4-2)14-22-20(16)19(15)21-13-17/h7-8,11-14H,3-6,9-10H2,1-2H3. The summed E-state index contributed by atoms with van der Waals surface area (Å²) in [7, 11) is 0. The Morgan fingerprint density at radius 3 is 1.62 bits per heavy atom. The van der Waals surface area contributed by atoms with Gasteiger partial charge in [0.25, 0.3) is 0 Å². The summed E-state index contributed by atoms with van der Waals surface area (Å²) >= 11 is 0. The van der Waals surface area contributed by atoms with Crippen LogP contribution in [0.2, 0.25) is 0 Å². The Balaban J connectivity index is 1.86. The summed E-state index contributed by atoms with van der Waals surface area (Å²) in [5.41, 5.74) is 1.80. The third kappa shape index (κ3) is 3.75. The van der Waals surface area contributed by atoms with Gasteiger partial charge < -0.3 is 9.47 Å². The van der Waals surface area contributed by atoms with Crippen LogP contribution in [0.3, 0.4) is 0 Å². The van der Waals surface area contributed by atoms with Gasteiger partial charge in [-0.2, -0.15) is 0 Å². The average Bonchev–Trinajstić information content (AvgIpc) is 2.62. The molecule has 0 bridgehead atoms. The van der Waals surface area contributed by atoms with Gasteiger partial charge in [-0.1, -0.05) is 38.8 Å². The number of ether oxygens (including phenoxy) is 2. The van der Waals surface area contributed by atoms with Crippen LogP contribution in [0.25, 0.3) is 21.8 Å². The van der Waals surface area contributed by atoms with Gasteiger partial charge in [0.1, 0.15) is 11.5 Å². The van der Waals surface area contributed by atoms with E-state index in [0.717, 1.165) is 72.2 Å². The molecule has 24 heavy (non-hydrogen) atoms. The predicted molar refractivity (Wildman–Crippen MR) is 97.9 cm³/mol. The van der Waals surface area contributed by atoms with Crippen molar-refractivity contribution in [1.82, 2.24) is 9.97 Å². The molecule has 4 heteroatoms. The van der Waals surface area contributed by atoms with E-state index < -0.39 is 0 Å². The fraction of sp³-hybridized carbons (Fsp3) is 0.400. The summed E-state index contributed by atoms with van der Waals surface area (Å²) < 4.78 is 11.5. The third-order valence-corrected chi connectivity index (χ3v) is 3.98. The van der Waals surface area contributed by atoms with Crippen LogP contribution in [-0.4, -0.2) is 23.2 Å². The van der Waals surface area contributed by atoms with E-state index in [1.807, 2.05) is 12.1 Å². The Hall–Kier alpha value is -2.36. The maximum atomic E-state index is 5.74. The molecule has 0 unspecified atom stereocenters. The van der Waals surface area contributed by atoms with Crippen molar-refractivity contribution in [1.29, 1.82) is 0 Å². The molecule has 0 N–H and O–H groups in total. The van der Waals surface area contributed by atoms with Crippen molar-refractivity contribution in [3.05, 3.63) is 36.7 Å². The monoisotopic (exact) mass is 324 g/mol. The van der Waals surface area contributed by atoms with E-state index in [4.69, 9.17) is 9.47 Å². The maximum Gasteiger partial charge on any atom is 0.138 e. The molecular formula is C20H24N2O2. The first-order valence-corrected chi connectivity index (χ1v) is 8.76. The van der Waals surface area contributed by atoms with Gasteiger partial charge in [0.05, 0.1) is 36.6 Å². The molecule has 0 saturated carbocycles. The van der Waals surface area contributed by atoms with Crippen molar-refractivity contribution in [2.75, 3.05) is 13.2 Å². The van der Waals surface area contributed by atoms with Gasteiger partial charge >= 0.3 is 0 Å². The molecule has 0 fully saturated rings. The Kier molecular flexibility index (Phi) is 5.47. The average molecular weight is 324 g/mol. The highest BCUT2D eigenvalue weighted by Crippen LogP contribution is 2.27. The van der Waals surface area contributed by atoms with Crippen LogP contribution in [0, 0.1) is 0 Å². The predicted octanol–water partition coefficient (Wildman–Crippen LogP) is 5.14. The SMILES string of the molecule is CCCCOc1cnc2c(ccc3cc(OCCCC)cnc32)c1. The van der Waals surface area contributed by atoms with Crippen LogP contribution < -0.4 is 9.47 Å². The number of benzene rings is 1. The minimum Gasteiger partial charge on any atom is -0.492 e. The number of rotatable bonds is 8. The van der Waals surface area contributed by atoms with Gasteiger partial charge in [-0.3, -0.25) is 9.97 Å². The van der Waals surface area contributed by atoms with Crippen LogP contribution in [0.1, 0.15) is 39.5 Å². The van der Waals surface area contributed by atoms with E-state index in [9.17, 15) is 0 Å². The van der Waals surface area contributed by atoms with E-state index in [1.165, 1.54) is 0 Å². The van der Waals surface area contributed by atoms with Gasteiger partial charge in [0.15, 0.2) is 0 Å². The largest absolute Gasteiger partial charge is 0.492 e. The minimum absolute atomic E-state index is 0.730. The maximum absolute atomic E-state index is 5.74. The lowest BCUT2D eigenvalue weighted by Crippen LogP contribution is -1.98. The molecule has 0 spiro atoms. The minimum atomic E-state index is 0.730. The summed E-state index contributed by atoms with van der Waals surface area (Å²) in [6, 6.07) is 8.19. The fourth-order valence-electron chi connectivity index (χ4n) is 2.58. The topological polar surface area (TPSA) is 44.2 Å². The second kappa shape index (κ2) is 7.95. The Morgan fingerprint density at radius 2 is 1.21 bits per heavy atom. The van der Waals surface area contributed by atoms with Crippen LogP contribution >= 0.6 is 0 Å². The fourth-order valence-corrected chi connectivity index (χ4v) is 2.58. The van der Waals surface area contributed by atoms with Crippen molar-refractivity contribution in [2.24, 2.45) is 0 Å². The van der Waals surface area contributed by atoms with Crippen LogP contribution in [0.4, 0.5) is 0 Å². The first-order chi connectivity index (χ1) is 11.8. The third-order valence-electron chi connectivity index (χ3n) is 3.98. The highest BCUT2D eigenvalue weighted by molar-refractivity contribution is 6.03. The molecule has 0 aliphatic rings. The first kappa shape index (κ1) is 16.5. The zero-order valence-electron chi connectivity index (χ0n) is 14.4. The molecule has 0 aliphatic heterocycles. The number of fused-ring (bicyclic) bond motifs is 3. The van der Waals surface area contributed by atoms with Crippen molar-refractivity contribution in [3.63, 3.8) is 0 Å². The van der Waals surface area contributed by atoms with Crippen molar-refractivity contribution in [3.8, 4) is 11.5 Å². The highest BCUT2D eigenvalue weighted by Gasteiger charge is 2.06. The number of aromatic nitrogens is 2. The Morgan fingerprint density at radius 1 is 0.750 bits per heavy atom. The van der Waals surface area contributed by atoms with Crippen LogP contribution in [-0.2, 0) is 0 Å². The van der Waals surface area contributed by atoms with Gasteiger partial charge in [0.2, 0.25) is 0 Å². The van der Waals surface area contributed by atoms with Gasteiger partial charge in [-0.25, -0.2) is 0 Å². The van der Waals surface area contributed by atoms with Gasteiger partial charge in [-0.15, -0.1) is 0 Å². The quantitative estimate of drug-likeness (QED) is 0.425. The second-order valence-electron chi connectivity index (χ2n) is 5.96. The summed E-state index contributed by atoms with van der Waals surface area (Å²) in [6.45, 7) is 5.77. The number of unbranched alkanes of at least 4 members (excludes halogenated alkanes) is 2. The summed E-state index contributed by atoms with van der Waals surface area (Å²) in [4.78, 5) is 9.13. The molecule has 0 radical (unpaired) electrons. The highest BCUT2D eigenvalue weighted by atomic mass is 16.5. The zero-order chi connectivity index (χ0) is 16.8. The molecule has 3 rings (SSSR count). The smallest absolute Gasteiger partial charge is 0.138 e. The molecule has 2 heterocycles. The first-order valence-electron chi connectivity index (χ1n) is 8.76.